The van der Waals surface area contributed by atoms with Gasteiger partial charge in [0.05, 0.1) is 39.1 Å². The molecule has 5 N–H and O–H groups in total. The number of pyridine rings is 1. The average molecular weight is 541 g/mol. The van der Waals surface area contributed by atoms with E-state index in [9.17, 15) is 9.65 Å². The molecule has 1 atom stereocenters. The Hall–Kier alpha value is -3.29. The van der Waals surface area contributed by atoms with Crippen LogP contribution in [0.3, 0.4) is 0 Å². The van der Waals surface area contributed by atoms with Crippen LogP contribution in [0.2, 0.25) is 10.0 Å². The topological polar surface area (TPSA) is 100 Å². The van der Waals surface area contributed by atoms with Gasteiger partial charge in [0.25, 0.3) is 0 Å². The van der Waals surface area contributed by atoms with E-state index in [1.807, 2.05) is 6.07 Å². The molecule has 2 aliphatic heterocycles. The standard InChI is InChI=1S/C26H27Cl2FN8/c1-26(2)10-19(5-6-33-26)37-14-18(35-36-37)13-31-17-7-20-24(34-16-3-4-23(29)21(27)8-16)15(11-30)12-32-25(20)22(28)9-17/h3-4,7-9,12,14,19,31,33,35-36H,5-6,10,13H2,1-2H3,(H,32,34)/t19-/m1/s1. The highest BCUT2D eigenvalue weighted by atomic mass is 35.5. The molecule has 0 saturated carbocycles. The van der Waals surface area contributed by atoms with Gasteiger partial charge < -0.3 is 21.4 Å². The van der Waals surface area contributed by atoms with E-state index < -0.39 is 5.82 Å². The number of piperidine rings is 1. The molecule has 0 aliphatic carbocycles. The Morgan fingerprint density at radius 2 is 2.03 bits per heavy atom. The van der Waals surface area contributed by atoms with Crippen LogP contribution in [0, 0.1) is 17.1 Å². The van der Waals surface area contributed by atoms with Gasteiger partial charge in [0.1, 0.15) is 11.9 Å². The lowest BCUT2D eigenvalue weighted by Gasteiger charge is -2.40. The lowest BCUT2D eigenvalue weighted by atomic mass is 9.89. The van der Waals surface area contributed by atoms with Crippen molar-refractivity contribution >= 4 is 51.2 Å². The SMILES string of the molecule is CC1(C)C[C@H](N2C=C(CNc3cc(Cl)c4ncc(C#N)c(Nc5ccc(F)c(Cl)c5)c4c3)NN2)CCN1. The van der Waals surface area contributed by atoms with Crippen LogP contribution in [0.15, 0.2) is 48.4 Å². The minimum atomic E-state index is -0.520. The Balaban J connectivity index is 1.38. The molecule has 0 bridgehead atoms. The largest absolute Gasteiger partial charge is 0.379 e. The lowest BCUT2D eigenvalue weighted by molar-refractivity contribution is 0.120. The van der Waals surface area contributed by atoms with Crippen molar-refractivity contribution < 1.29 is 4.39 Å². The summed E-state index contributed by atoms with van der Waals surface area (Å²) < 4.78 is 13.7. The highest BCUT2D eigenvalue weighted by Gasteiger charge is 2.31. The van der Waals surface area contributed by atoms with E-state index in [0.29, 0.717) is 45.5 Å². The number of nitriles is 1. The van der Waals surface area contributed by atoms with Crippen molar-refractivity contribution in [2.75, 3.05) is 23.7 Å². The molecular formula is C26H27Cl2FN8. The van der Waals surface area contributed by atoms with Gasteiger partial charge in [0.15, 0.2) is 0 Å². The molecule has 0 radical (unpaired) electrons. The first kappa shape index (κ1) is 25.4. The van der Waals surface area contributed by atoms with Crippen LogP contribution in [0.1, 0.15) is 32.3 Å². The molecular weight excluding hydrogens is 514 g/mol. The number of hydrogen-bond donors (Lipinski definition) is 5. The lowest BCUT2D eigenvalue weighted by Crippen LogP contribution is -2.54. The van der Waals surface area contributed by atoms with Crippen molar-refractivity contribution in [3.05, 3.63) is 69.9 Å². The number of hydrogen-bond acceptors (Lipinski definition) is 8. The predicted octanol–water partition coefficient (Wildman–Crippen LogP) is 5.40. The minimum Gasteiger partial charge on any atom is -0.379 e. The van der Waals surface area contributed by atoms with E-state index in [4.69, 9.17) is 23.2 Å². The number of benzene rings is 2. The second-order valence-electron chi connectivity index (χ2n) is 9.88. The third-order valence-corrected chi connectivity index (χ3v) is 7.16. The average Bonchev–Trinajstić information content (AvgIpc) is 3.34. The van der Waals surface area contributed by atoms with Gasteiger partial charge >= 0.3 is 0 Å². The number of nitrogens with one attached hydrogen (secondary N) is 5. The summed E-state index contributed by atoms with van der Waals surface area (Å²) in [6.07, 6.45) is 5.63. The fourth-order valence-electron chi connectivity index (χ4n) is 4.73. The molecule has 0 amide bonds. The molecule has 3 aromatic rings. The summed E-state index contributed by atoms with van der Waals surface area (Å²) in [6, 6.07) is 10.5. The summed E-state index contributed by atoms with van der Waals surface area (Å²) in [4.78, 5) is 4.38. The van der Waals surface area contributed by atoms with Crippen molar-refractivity contribution in [3.63, 3.8) is 0 Å². The van der Waals surface area contributed by atoms with Gasteiger partial charge in [0, 0.05) is 40.7 Å². The number of halogens is 3. The van der Waals surface area contributed by atoms with Crippen molar-refractivity contribution in [1.29, 1.82) is 5.26 Å². The summed E-state index contributed by atoms with van der Waals surface area (Å²) in [7, 11) is 0. The minimum absolute atomic E-state index is 0.0182. The van der Waals surface area contributed by atoms with Crippen LogP contribution in [-0.2, 0) is 0 Å². The van der Waals surface area contributed by atoms with E-state index in [1.54, 1.807) is 12.1 Å². The zero-order valence-corrected chi connectivity index (χ0v) is 21.9. The highest BCUT2D eigenvalue weighted by Crippen LogP contribution is 2.35. The molecule has 1 saturated heterocycles. The number of fused-ring (bicyclic) bond motifs is 1. The molecule has 11 heteroatoms. The zero-order valence-electron chi connectivity index (χ0n) is 20.4. The van der Waals surface area contributed by atoms with Gasteiger partial charge in [0.2, 0.25) is 0 Å². The van der Waals surface area contributed by atoms with Gasteiger partial charge in [-0.3, -0.25) is 9.99 Å². The quantitative estimate of drug-likeness (QED) is 0.283. The maximum atomic E-state index is 13.7. The number of rotatable bonds is 6. The second-order valence-corrected chi connectivity index (χ2v) is 10.7. The van der Waals surface area contributed by atoms with Crippen molar-refractivity contribution in [3.8, 4) is 6.07 Å². The predicted molar refractivity (Wildman–Crippen MR) is 146 cm³/mol. The third-order valence-electron chi connectivity index (χ3n) is 6.58. The van der Waals surface area contributed by atoms with Gasteiger partial charge in [-0.2, -0.15) is 5.26 Å². The van der Waals surface area contributed by atoms with E-state index in [0.717, 1.165) is 30.8 Å². The van der Waals surface area contributed by atoms with Crippen LogP contribution in [0.25, 0.3) is 10.9 Å². The number of aromatic nitrogens is 1. The Morgan fingerprint density at radius 3 is 2.78 bits per heavy atom. The normalized spacial score (nSPS) is 18.8. The summed E-state index contributed by atoms with van der Waals surface area (Å²) in [6.45, 7) is 5.95. The smallest absolute Gasteiger partial charge is 0.141 e. The summed E-state index contributed by atoms with van der Waals surface area (Å²) >= 11 is 12.5. The molecule has 8 nitrogen and oxygen atoms in total. The maximum Gasteiger partial charge on any atom is 0.141 e. The van der Waals surface area contributed by atoms with Gasteiger partial charge in [-0.15, -0.1) is 5.53 Å². The van der Waals surface area contributed by atoms with E-state index in [-0.39, 0.29) is 10.6 Å². The highest BCUT2D eigenvalue weighted by molar-refractivity contribution is 6.36. The first-order valence-electron chi connectivity index (χ1n) is 12.0. The number of anilines is 3. The fraction of sp³-hybridized carbons (Fsp3) is 0.308. The van der Waals surface area contributed by atoms with Gasteiger partial charge in [-0.1, -0.05) is 23.2 Å². The first-order chi connectivity index (χ1) is 17.7. The zero-order chi connectivity index (χ0) is 26.2. The molecule has 1 aromatic heterocycles. The monoisotopic (exact) mass is 540 g/mol. The van der Waals surface area contributed by atoms with Crippen LogP contribution < -0.4 is 26.9 Å². The Labute approximate surface area is 224 Å². The molecule has 1 fully saturated rings. The van der Waals surface area contributed by atoms with Gasteiger partial charge in [-0.05, 0) is 63.6 Å². The fourth-order valence-corrected chi connectivity index (χ4v) is 5.18. The summed E-state index contributed by atoms with van der Waals surface area (Å²) in [5, 5.41) is 23.1. The van der Waals surface area contributed by atoms with E-state index >= 15 is 0 Å². The molecule has 37 heavy (non-hydrogen) atoms. The molecule has 2 aliphatic rings. The van der Waals surface area contributed by atoms with E-state index in [1.165, 1.54) is 18.3 Å². The first-order valence-corrected chi connectivity index (χ1v) is 12.7. The van der Waals surface area contributed by atoms with Gasteiger partial charge in [-0.25, -0.2) is 4.39 Å². The number of nitrogens with zero attached hydrogens (tertiary/aromatic N) is 3. The van der Waals surface area contributed by atoms with Crippen molar-refractivity contribution in [2.24, 2.45) is 0 Å². The van der Waals surface area contributed by atoms with Crippen LogP contribution in [0.5, 0.6) is 0 Å². The Kier molecular flexibility index (Phi) is 7.01. The molecule has 3 heterocycles. The third kappa shape index (κ3) is 5.53. The molecule has 5 rings (SSSR count). The van der Waals surface area contributed by atoms with Crippen LogP contribution in [-0.4, -0.2) is 34.7 Å². The Morgan fingerprint density at radius 1 is 1.22 bits per heavy atom. The molecule has 2 aromatic carbocycles. The second kappa shape index (κ2) is 10.2. The van der Waals surface area contributed by atoms with Crippen molar-refractivity contribution in [2.45, 2.75) is 38.3 Å². The maximum absolute atomic E-state index is 13.7. The number of hydrazine groups is 2. The van der Waals surface area contributed by atoms with Crippen molar-refractivity contribution in [1.82, 2.24) is 26.3 Å². The molecule has 192 valence electrons. The summed E-state index contributed by atoms with van der Waals surface area (Å²) in [5.41, 5.74) is 10.3. The van der Waals surface area contributed by atoms with Crippen LogP contribution >= 0.6 is 23.2 Å². The Bertz CT molecular complexity index is 1420. The molecule has 0 spiro atoms. The molecule has 0 unspecified atom stereocenters. The van der Waals surface area contributed by atoms with E-state index in [2.05, 4.69) is 63.0 Å². The van der Waals surface area contributed by atoms with Crippen LogP contribution in [0.4, 0.5) is 21.5 Å². The summed E-state index contributed by atoms with van der Waals surface area (Å²) in [5.74, 6) is -0.520.